The molecule has 14 heavy (non-hydrogen) atoms. The number of carbonyl (C=O) groups is 1. The van der Waals surface area contributed by atoms with Crippen LogP contribution in [0.25, 0.3) is 0 Å². The van der Waals surface area contributed by atoms with Crippen LogP contribution in [-0.4, -0.2) is 5.78 Å². The van der Waals surface area contributed by atoms with Crippen LogP contribution in [0.4, 0.5) is 0 Å². The Bertz CT molecular complexity index is 408. The molecule has 0 unspecified atom stereocenters. The van der Waals surface area contributed by atoms with Crippen molar-refractivity contribution >= 4 is 5.78 Å². The van der Waals surface area contributed by atoms with E-state index in [0.29, 0.717) is 30.6 Å². The first-order valence-corrected chi connectivity index (χ1v) is 4.91. The second-order valence-corrected chi connectivity index (χ2v) is 3.52. The monoisotopic (exact) mass is 192 g/mol. The molecular formula is C11H12O3. The number of aryl methyl sites for hydroxylation is 2. The molecule has 2 rings (SSSR count). The Balaban J connectivity index is 2.67. The van der Waals surface area contributed by atoms with Gasteiger partial charge in [-0.15, -0.1) is 0 Å². The van der Waals surface area contributed by atoms with Gasteiger partial charge in [-0.05, 0) is 18.4 Å². The lowest BCUT2D eigenvalue weighted by Gasteiger charge is -2.15. The van der Waals surface area contributed by atoms with Gasteiger partial charge in [0, 0.05) is 18.9 Å². The highest BCUT2D eigenvalue weighted by atomic mass is 16.4. The molecule has 0 amide bonds. The molecule has 3 heteroatoms. The van der Waals surface area contributed by atoms with Gasteiger partial charge in [0.25, 0.3) is 0 Å². The number of Topliss-reactive ketones (excluding diaryl/α,β-unsaturated/α-hetero) is 1. The fourth-order valence-electron chi connectivity index (χ4n) is 1.92. The molecule has 0 spiro atoms. The number of hydrogen-bond donors (Lipinski definition) is 0. The zero-order chi connectivity index (χ0) is 10.1. The van der Waals surface area contributed by atoms with Crippen LogP contribution in [0.15, 0.2) is 15.3 Å². The molecule has 0 atom stereocenters. The summed E-state index contributed by atoms with van der Waals surface area (Å²) in [6.45, 7) is 1.94. The Morgan fingerprint density at radius 3 is 2.86 bits per heavy atom. The summed E-state index contributed by atoms with van der Waals surface area (Å²) in [5, 5.41) is 0. The summed E-state index contributed by atoms with van der Waals surface area (Å²) in [6, 6.07) is 1.43. The normalized spacial score (nSPS) is 15.4. The van der Waals surface area contributed by atoms with E-state index in [2.05, 4.69) is 0 Å². The minimum Gasteiger partial charge on any atom is -0.427 e. The summed E-state index contributed by atoms with van der Waals surface area (Å²) in [5.74, 6) is 0.706. The van der Waals surface area contributed by atoms with Gasteiger partial charge >= 0.3 is 5.63 Å². The molecule has 0 saturated carbocycles. The third kappa shape index (κ3) is 1.39. The Kier molecular flexibility index (Phi) is 2.23. The summed E-state index contributed by atoms with van der Waals surface area (Å²) < 4.78 is 5.04. The minimum atomic E-state index is -0.338. The second kappa shape index (κ2) is 3.40. The van der Waals surface area contributed by atoms with Crippen LogP contribution < -0.4 is 5.63 Å². The van der Waals surface area contributed by atoms with Crippen molar-refractivity contribution in [3.05, 3.63) is 33.4 Å². The predicted octanol–water partition coefficient (Wildman–Crippen LogP) is 1.72. The number of fused-ring (bicyclic) bond motifs is 1. The van der Waals surface area contributed by atoms with Gasteiger partial charge in [0.05, 0.1) is 5.56 Å². The van der Waals surface area contributed by atoms with E-state index in [9.17, 15) is 9.59 Å². The topological polar surface area (TPSA) is 47.3 Å². The largest absolute Gasteiger partial charge is 0.427 e. The first-order chi connectivity index (χ1) is 6.72. The summed E-state index contributed by atoms with van der Waals surface area (Å²) in [4.78, 5) is 22.8. The number of rotatable bonds is 1. The van der Waals surface area contributed by atoms with Gasteiger partial charge in [-0.25, -0.2) is 4.79 Å². The summed E-state index contributed by atoms with van der Waals surface area (Å²) >= 11 is 0. The molecule has 3 nitrogen and oxygen atoms in total. The molecule has 0 aromatic carbocycles. The third-order valence-corrected chi connectivity index (χ3v) is 2.58. The van der Waals surface area contributed by atoms with E-state index < -0.39 is 0 Å². The highest BCUT2D eigenvalue weighted by molar-refractivity contribution is 5.99. The Morgan fingerprint density at radius 1 is 1.36 bits per heavy atom. The maximum atomic E-state index is 11.6. The first-order valence-electron chi connectivity index (χ1n) is 4.91. The van der Waals surface area contributed by atoms with E-state index >= 15 is 0 Å². The van der Waals surface area contributed by atoms with Gasteiger partial charge in [0.15, 0.2) is 5.78 Å². The lowest BCUT2D eigenvalue weighted by molar-refractivity contribution is 0.0965. The summed E-state index contributed by atoms with van der Waals surface area (Å²) in [5.41, 5.74) is 1.16. The Labute approximate surface area is 81.7 Å². The van der Waals surface area contributed by atoms with Gasteiger partial charge in [-0.1, -0.05) is 6.92 Å². The fraction of sp³-hybridized carbons (Fsp3) is 0.455. The van der Waals surface area contributed by atoms with Crippen molar-refractivity contribution in [3.63, 3.8) is 0 Å². The molecule has 0 saturated heterocycles. The van der Waals surface area contributed by atoms with E-state index in [1.807, 2.05) is 6.92 Å². The second-order valence-electron chi connectivity index (χ2n) is 3.52. The quantitative estimate of drug-likeness (QED) is 0.680. The van der Waals surface area contributed by atoms with Crippen LogP contribution in [-0.2, 0) is 12.8 Å². The van der Waals surface area contributed by atoms with Crippen molar-refractivity contribution in [3.8, 4) is 0 Å². The highest BCUT2D eigenvalue weighted by Gasteiger charge is 2.22. The predicted molar refractivity (Wildman–Crippen MR) is 51.6 cm³/mol. The van der Waals surface area contributed by atoms with Crippen molar-refractivity contribution in [2.75, 3.05) is 0 Å². The molecule has 1 aliphatic rings. The average Bonchev–Trinajstić information content (AvgIpc) is 2.16. The van der Waals surface area contributed by atoms with Crippen LogP contribution in [0.1, 0.15) is 41.4 Å². The first kappa shape index (κ1) is 9.19. The third-order valence-electron chi connectivity index (χ3n) is 2.58. The number of carbonyl (C=O) groups excluding carboxylic acids is 1. The van der Waals surface area contributed by atoms with Crippen molar-refractivity contribution in [2.45, 2.75) is 32.6 Å². The van der Waals surface area contributed by atoms with Crippen molar-refractivity contribution in [1.29, 1.82) is 0 Å². The maximum absolute atomic E-state index is 11.6. The van der Waals surface area contributed by atoms with Gasteiger partial charge in [-0.2, -0.15) is 0 Å². The molecule has 0 radical (unpaired) electrons. The molecule has 1 aliphatic carbocycles. The number of ketones is 1. The summed E-state index contributed by atoms with van der Waals surface area (Å²) in [6.07, 6.45) is 2.79. The van der Waals surface area contributed by atoms with E-state index in [1.54, 1.807) is 0 Å². The maximum Gasteiger partial charge on any atom is 0.336 e. The standard InChI is InChI=1S/C11H12O3/c1-2-7-6-10(13)14-9-5-3-4-8(12)11(7)9/h6H,2-5H2,1H3. The molecule has 0 bridgehead atoms. The Morgan fingerprint density at radius 2 is 2.14 bits per heavy atom. The van der Waals surface area contributed by atoms with Gasteiger partial charge < -0.3 is 4.42 Å². The van der Waals surface area contributed by atoms with Crippen LogP contribution in [0.5, 0.6) is 0 Å². The van der Waals surface area contributed by atoms with Gasteiger partial charge in [0.2, 0.25) is 0 Å². The Hall–Kier alpha value is -1.38. The molecule has 0 N–H and O–H groups in total. The van der Waals surface area contributed by atoms with Crippen LogP contribution in [0.3, 0.4) is 0 Å². The average molecular weight is 192 g/mol. The molecular weight excluding hydrogens is 180 g/mol. The van der Waals surface area contributed by atoms with Crippen LogP contribution in [0, 0.1) is 0 Å². The highest BCUT2D eigenvalue weighted by Crippen LogP contribution is 2.23. The minimum absolute atomic E-state index is 0.117. The van der Waals surface area contributed by atoms with E-state index in [1.165, 1.54) is 6.07 Å². The van der Waals surface area contributed by atoms with Gasteiger partial charge in [-0.3, -0.25) is 4.79 Å². The van der Waals surface area contributed by atoms with Crippen molar-refractivity contribution in [1.82, 2.24) is 0 Å². The van der Waals surface area contributed by atoms with Crippen molar-refractivity contribution in [2.24, 2.45) is 0 Å². The van der Waals surface area contributed by atoms with E-state index in [4.69, 9.17) is 4.42 Å². The zero-order valence-corrected chi connectivity index (χ0v) is 8.13. The molecule has 0 aliphatic heterocycles. The van der Waals surface area contributed by atoms with E-state index in [-0.39, 0.29) is 11.4 Å². The SMILES string of the molecule is CCc1cc(=O)oc2c1C(=O)CCC2. The van der Waals surface area contributed by atoms with Crippen LogP contribution >= 0.6 is 0 Å². The van der Waals surface area contributed by atoms with Crippen LogP contribution in [0.2, 0.25) is 0 Å². The lowest BCUT2D eigenvalue weighted by Crippen LogP contribution is -2.17. The molecule has 0 fully saturated rings. The van der Waals surface area contributed by atoms with Gasteiger partial charge in [0.1, 0.15) is 5.76 Å². The number of hydrogen-bond acceptors (Lipinski definition) is 3. The zero-order valence-electron chi connectivity index (χ0n) is 8.13. The molecule has 1 heterocycles. The van der Waals surface area contributed by atoms with E-state index in [0.717, 1.165) is 12.0 Å². The van der Waals surface area contributed by atoms with Crippen molar-refractivity contribution < 1.29 is 9.21 Å². The lowest BCUT2D eigenvalue weighted by atomic mass is 9.91. The molecule has 1 aromatic rings. The fourth-order valence-corrected chi connectivity index (χ4v) is 1.92. The summed E-state index contributed by atoms with van der Waals surface area (Å²) in [7, 11) is 0. The smallest absolute Gasteiger partial charge is 0.336 e. The molecule has 74 valence electrons. The molecule has 1 aromatic heterocycles.